The zero-order chi connectivity index (χ0) is 10.3. The summed E-state index contributed by atoms with van der Waals surface area (Å²) in [6.45, 7) is 0. The zero-order valence-corrected chi connectivity index (χ0v) is 7.62. The van der Waals surface area contributed by atoms with Crippen LogP contribution < -0.4 is 0 Å². The molecule has 0 atom stereocenters. The number of rotatable bonds is 1. The Morgan fingerprint density at radius 2 is 2.00 bits per heavy atom. The fourth-order valence-corrected chi connectivity index (χ4v) is 2.11. The van der Waals surface area contributed by atoms with Crippen LogP contribution in [0.5, 0.6) is 5.75 Å². The predicted molar refractivity (Wildman–Crippen MR) is 48.4 cm³/mol. The highest BCUT2D eigenvalue weighted by Gasteiger charge is 2.17. The van der Waals surface area contributed by atoms with Gasteiger partial charge in [0.1, 0.15) is 11.6 Å². The van der Waals surface area contributed by atoms with Crippen LogP contribution in [0.15, 0.2) is 17.5 Å². The Morgan fingerprint density at radius 1 is 1.29 bits per heavy atom. The first kappa shape index (κ1) is 9.33. The smallest absolute Gasteiger partial charge is 0.267 e. The number of alkyl halides is 2. The molecule has 0 bridgehead atoms. The van der Waals surface area contributed by atoms with E-state index in [2.05, 4.69) is 0 Å². The fraction of sp³-hybridized carbons (Fsp3) is 0.111. The molecular weight excluding hydrogens is 213 g/mol. The molecule has 1 N–H and O–H groups in total. The van der Waals surface area contributed by atoms with Gasteiger partial charge in [0.05, 0.1) is 10.3 Å². The minimum Gasteiger partial charge on any atom is -0.506 e. The summed E-state index contributed by atoms with van der Waals surface area (Å²) in [4.78, 5) is 0. The van der Waals surface area contributed by atoms with E-state index in [0.29, 0.717) is 0 Å². The molecule has 0 saturated heterocycles. The van der Waals surface area contributed by atoms with Gasteiger partial charge in [-0.1, -0.05) is 0 Å². The summed E-state index contributed by atoms with van der Waals surface area (Å²) in [6, 6.07) is 2.29. The molecule has 1 aromatic heterocycles. The van der Waals surface area contributed by atoms with E-state index in [1.165, 1.54) is 11.4 Å². The fourth-order valence-electron chi connectivity index (χ4n) is 1.24. The number of thiophene rings is 1. The van der Waals surface area contributed by atoms with E-state index in [1.807, 2.05) is 0 Å². The zero-order valence-electron chi connectivity index (χ0n) is 6.80. The predicted octanol–water partition coefficient (Wildman–Crippen LogP) is 3.68. The Kier molecular flexibility index (Phi) is 2.11. The van der Waals surface area contributed by atoms with Crippen LogP contribution in [0, 0.1) is 5.82 Å². The second-order valence-electron chi connectivity index (χ2n) is 2.76. The van der Waals surface area contributed by atoms with Gasteiger partial charge in [-0.2, -0.15) is 0 Å². The van der Waals surface area contributed by atoms with E-state index in [9.17, 15) is 18.3 Å². The third-order valence-corrected chi connectivity index (χ3v) is 2.91. The number of fused-ring (bicyclic) bond motifs is 1. The van der Waals surface area contributed by atoms with E-state index in [4.69, 9.17) is 0 Å². The van der Waals surface area contributed by atoms with Crippen molar-refractivity contribution in [2.24, 2.45) is 0 Å². The third-order valence-electron chi connectivity index (χ3n) is 1.94. The second-order valence-corrected chi connectivity index (χ2v) is 3.64. The van der Waals surface area contributed by atoms with Gasteiger partial charge < -0.3 is 5.11 Å². The Bertz CT molecular complexity index is 478. The molecule has 0 aliphatic carbocycles. The molecule has 5 heteroatoms. The molecule has 0 unspecified atom stereocenters. The quantitative estimate of drug-likeness (QED) is 0.774. The molecule has 0 radical (unpaired) electrons. The number of aromatic hydroxyl groups is 1. The van der Waals surface area contributed by atoms with Crippen LogP contribution in [0.25, 0.3) is 10.1 Å². The van der Waals surface area contributed by atoms with Crippen molar-refractivity contribution in [2.75, 3.05) is 0 Å². The summed E-state index contributed by atoms with van der Waals surface area (Å²) >= 11 is 0.914. The Hall–Kier alpha value is -1.23. The molecule has 0 spiro atoms. The molecule has 14 heavy (non-hydrogen) atoms. The lowest BCUT2D eigenvalue weighted by atomic mass is 10.1. The van der Waals surface area contributed by atoms with Crippen LogP contribution in [-0.4, -0.2) is 5.11 Å². The standard InChI is InChI=1S/C9H5F3OS/c10-6-3-14-8-4(6)1-2-5(7(8)13)9(11)12/h1-3,9,13H. The first-order valence-electron chi connectivity index (χ1n) is 3.78. The van der Waals surface area contributed by atoms with Crippen LogP contribution in [0.2, 0.25) is 0 Å². The summed E-state index contributed by atoms with van der Waals surface area (Å²) in [6.07, 6.45) is -2.75. The minimum absolute atomic E-state index is 0.167. The molecule has 0 saturated carbocycles. The number of hydrogen-bond acceptors (Lipinski definition) is 2. The average Bonchev–Trinajstić information content (AvgIpc) is 2.49. The molecule has 1 heterocycles. The maximum atomic E-state index is 13.0. The Morgan fingerprint density at radius 3 is 2.64 bits per heavy atom. The van der Waals surface area contributed by atoms with Crippen LogP contribution in [0.1, 0.15) is 12.0 Å². The van der Waals surface area contributed by atoms with Crippen LogP contribution in [-0.2, 0) is 0 Å². The average molecular weight is 218 g/mol. The third kappa shape index (κ3) is 1.24. The van der Waals surface area contributed by atoms with Crippen molar-refractivity contribution in [2.45, 2.75) is 6.43 Å². The van der Waals surface area contributed by atoms with Crippen molar-refractivity contribution in [3.05, 3.63) is 28.9 Å². The summed E-state index contributed by atoms with van der Waals surface area (Å²) in [7, 11) is 0. The molecule has 2 aromatic rings. The molecule has 1 nitrogen and oxygen atoms in total. The Labute approximate surface area is 81.4 Å². The highest BCUT2D eigenvalue weighted by molar-refractivity contribution is 7.17. The van der Waals surface area contributed by atoms with E-state index in [0.717, 1.165) is 17.4 Å². The normalized spacial score (nSPS) is 11.4. The molecular formula is C9H5F3OS. The maximum absolute atomic E-state index is 13.0. The van der Waals surface area contributed by atoms with E-state index >= 15 is 0 Å². The van der Waals surface area contributed by atoms with Crippen molar-refractivity contribution in [1.29, 1.82) is 0 Å². The van der Waals surface area contributed by atoms with Crippen molar-refractivity contribution < 1.29 is 18.3 Å². The van der Waals surface area contributed by atoms with E-state index < -0.39 is 23.6 Å². The maximum Gasteiger partial charge on any atom is 0.267 e. The topological polar surface area (TPSA) is 20.2 Å². The highest BCUT2D eigenvalue weighted by Crippen LogP contribution is 2.38. The lowest BCUT2D eigenvalue weighted by Crippen LogP contribution is -1.84. The highest BCUT2D eigenvalue weighted by atomic mass is 32.1. The molecule has 2 rings (SSSR count). The second kappa shape index (κ2) is 3.16. The van der Waals surface area contributed by atoms with Crippen LogP contribution in [0.3, 0.4) is 0 Å². The lowest BCUT2D eigenvalue weighted by Gasteiger charge is -2.03. The van der Waals surface area contributed by atoms with Crippen molar-refractivity contribution in [3.8, 4) is 5.75 Å². The number of phenols is 1. The number of phenolic OH excluding ortho intramolecular Hbond substituents is 1. The van der Waals surface area contributed by atoms with E-state index in [-0.39, 0.29) is 10.1 Å². The Balaban J connectivity index is 2.76. The van der Waals surface area contributed by atoms with Crippen LogP contribution in [0.4, 0.5) is 13.2 Å². The number of halogens is 3. The molecule has 74 valence electrons. The monoisotopic (exact) mass is 218 g/mol. The molecule has 0 amide bonds. The van der Waals surface area contributed by atoms with E-state index in [1.54, 1.807) is 0 Å². The largest absolute Gasteiger partial charge is 0.506 e. The first-order valence-corrected chi connectivity index (χ1v) is 4.66. The van der Waals surface area contributed by atoms with Gasteiger partial charge in [-0.25, -0.2) is 13.2 Å². The van der Waals surface area contributed by atoms with Crippen molar-refractivity contribution >= 4 is 21.4 Å². The summed E-state index contributed by atoms with van der Waals surface area (Å²) < 4.78 is 37.8. The molecule has 1 aromatic carbocycles. The van der Waals surface area contributed by atoms with Gasteiger partial charge in [0.15, 0.2) is 0 Å². The summed E-state index contributed by atoms with van der Waals surface area (Å²) in [5.41, 5.74) is -0.459. The number of benzene rings is 1. The van der Waals surface area contributed by atoms with Gasteiger partial charge in [-0.3, -0.25) is 0 Å². The van der Waals surface area contributed by atoms with Gasteiger partial charge in [-0.15, -0.1) is 11.3 Å². The summed E-state index contributed by atoms with van der Waals surface area (Å²) in [5.74, 6) is -1.02. The van der Waals surface area contributed by atoms with Gasteiger partial charge in [0.25, 0.3) is 6.43 Å². The molecule has 0 aliphatic rings. The van der Waals surface area contributed by atoms with Gasteiger partial charge in [-0.05, 0) is 12.1 Å². The van der Waals surface area contributed by atoms with Crippen molar-refractivity contribution in [1.82, 2.24) is 0 Å². The number of hydrogen-bond donors (Lipinski definition) is 1. The molecule has 0 fully saturated rings. The van der Waals surface area contributed by atoms with Crippen LogP contribution >= 0.6 is 11.3 Å². The summed E-state index contributed by atoms with van der Waals surface area (Å²) in [5, 5.41) is 10.8. The van der Waals surface area contributed by atoms with Gasteiger partial charge in [0.2, 0.25) is 0 Å². The minimum atomic E-state index is -2.75. The molecule has 0 aliphatic heterocycles. The lowest BCUT2D eigenvalue weighted by molar-refractivity contribution is 0.148. The first-order chi connectivity index (χ1) is 6.61. The van der Waals surface area contributed by atoms with Gasteiger partial charge >= 0.3 is 0 Å². The van der Waals surface area contributed by atoms with Gasteiger partial charge in [0, 0.05) is 10.8 Å². The van der Waals surface area contributed by atoms with Crippen molar-refractivity contribution in [3.63, 3.8) is 0 Å². The SMILES string of the molecule is Oc1c(C(F)F)ccc2c(F)csc12.